The van der Waals surface area contributed by atoms with Gasteiger partial charge in [0, 0.05) is 24.1 Å². The third kappa shape index (κ3) is 4.97. The molecule has 0 saturated heterocycles. The van der Waals surface area contributed by atoms with Gasteiger partial charge in [-0.25, -0.2) is 0 Å². The predicted molar refractivity (Wildman–Crippen MR) is 126 cm³/mol. The van der Waals surface area contributed by atoms with Gasteiger partial charge in [0.1, 0.15) is 17.4 Å². The molecule has 1 N–H and O–H groups in total. The Morgan fingerprint density at radius 2 is 1.67 bits per heavy atom. The van der Waals surface area contributed by atoms with Gasteiger partial charge in [-0.15, -0.1) is 0 Å². The van der Waals surface area contributed by atoms with Gasteiger partial charge in [-0.1, -0.05) is 42.1 Å². The largest absolute Gasteiger partial charge is 0.361 e. The maximum absolute atomic E-state index is 14.0. The Morgan fingerprint density at radius 1 is 1.00 bits per heavy atom. The fourth-order valence-electron chi connectivity index (χ4n) is 4.49. The zero-order valence-electron chi connectivity index (χ0n) is 19.4. The number of aryl methyl sites for hydroxylation is 3. The van der Waals surface area contributed by atoms with E-state index in [2.05, 4.69) is 15.5 Å². The van der Waals surface area contributed by atoms with Gasteiger partial charge in [0.2, 0.25) is 5.91 Å². The average molecular weight is 447 g/mol. The van der Waals surface area contributed by atoms with Gasteiger partial charge in [-0.05, 0) is 63.4 Å². The Kier molecular flexibility index (Phi) is 6.87. The fraction of sp³-hybridized carbons (Fsp3) is 0.385. The van der Waals surface area contributed by atoms with Crippen molar-refractivity contribution in [2.45, 2.75) is 65.0 Å². The van der Waals surface area contributed by atoms with E-state index in [1.165, 1.54) is 6.42 Å². The molecule has 0 aliphatic heterocycles. The van der Waals surface area contributed by atoms with Crippen LogP contribution in [-0.4, -0.2) is 28.0 Å². The minimum Gasteiger partial charge on any atom is -0.361 e. The van der Waals surface area contributed by atoms with E-state index in [9.17, 15) is 9.59 Å². The number of pyridine rings is 1. The number of amides is 2. The number of aromatic nitrogens is 2. The molecular formula is C26H30N4O3. The minimum atomic E-state index is -0.862. The summed E-state index contributed by atoms with van der Waals surface area (Å²) in [6.07, 6.45) is 8.59. The second kappa shape index (κ2) is 9.98. The Morgan fingerprint density at radius 3 is 2.27 bits per heavy atom. The summed E-state index contributed by atoms with van der Waals surface area (Å²) in [5.74, 6) is -0.0970. The van der Waals surface area contributed by atoms with Crippen LogP contribution in [0.25, 0.3) is 0 Å². The predicted octanol–water partition coefficient (Wildman–Crippen LogP) is 4.83. The maximum Gasteiger partial charge on any atom is 0.264 e. The molecule has 2 heterocycles. The van der Waals surface area contributed by atoms with Gasteiger partial charge in [0.05, 0.1) is 5.69 Å². The molecule has 1 saturated carbocycles. The summed E-state index contributed by atoms with van der Waals surface area (Å²) in [4.78, 5) is 33.4. The summed E-state index contributed by atoms with van der Waals surface area (Å²) in [6, 6.07) is 10.4. The second-order valence-corrected chi connectivity index (χ2v) is 8.74. The Balaban J connectivity index is 1.81. The monoisotopic (exact) mass is 446 g/mol. The Bertz CT molecular complexity index is 1080. The van der Waals surface area contributed by atoms with Crippen molar-refractivity contribution in [2.75, 3.05) is 4.90 Å². The highest BCUT2D eigenvalue weighted by Crippen LogP contribution is 2.32. The summed E-state index contributed by atoms with van der Waals surface area (Å²) in [6.45, 7) is 5.44. The van der Waals surface area contributed by atoms with Crippen molar-refractivity contribution < 1.29 is 14.1 Å². The molecule has 0 spiro atoms. The molecule has 1 unspecified atom stereocenters. The summed E-state index contributed by atoms with van der Waals surface area (Å²) >= 11 is 0. The Labute approximate surface area is 194 Å². The van der Waals surface area contributed by atoms with Crippen molar-refractivity contribution in [1.82, 2.24) is 15.5 Å². The van der Waals surface area contributed by atoms with E-state index in [-0.39, 0.29) is 17.9 Å². The lowest BCUT2D eigenvalue weighted by atomic mass is 9.94. The van der Waals surface area contributed by atoms with Crippen molar-refractivity contribution in [3.05, 3.63) is 76.9 Å². The number of benzene rings is 1. The minimum absolute atomic E-state index is 0.115. The zero-order chi connectivity index (χ0) is 23.4. The lowest BCUT2D eigenvalue weighted by Crippen LogP contribution is -2.47. The lowest BCUT2D eigenvalue weighted by molar-refractivity contribution is -0.123. The van der Waals surface area contributed by atoms with Crippen LogP contribution in [0.15, 0.2) is 53.3 Å². The first-order chi connectivity index (χ1) is 16.0. The number of hydrogen-bond donors (Lipinski definition) is 1. The highest BCUT2D eigenvalue weighted by molar-refractivity contribution is 6.11. The van der Waals surface area contributed by atoms with E-state index in [1.807, 2.05) is 31.2 Å². The molecule has 2 amide bonds. The average Bonchev–Trinajstić information content (AvgIpc) is 3.16. The Hall–Kier alpha value is -3.48. The van der Waals surface area contributed by atoms with Crippen LogP contribution in [0.1, 0.15) is 71.1 Å². The first-order valence-electron chi connectivity index (χ1n) is 11.5. The highest BCUT2D eigenvalue weighted by Gasteiger charge is 2.36. The van der Waals surface area contributed by atoms with Crippen molar-refractivity contribution in [1.29, 1.82) is 0 Å². The number of hydrogen-bond acceptors (Lipinski definition) is 5. The molecule has 0 radical (unpaired) electrons. The van der Waals surface area contributed by atoms with Crippen LogP contribution in [-0.2, 0) is 4.79 Å². The summed E-state index contributed by atoms with van der Waals surface area (Å²) in [5.41, 5.74) is 3.26. The normalized spacial score (nSPS) is 15.1. The fourth-order valence-corrected chi connectivity index (χ4v) is 4.49. The van der Waals surface area contributed by atoms with Gasteiger partial charge in [0.15, 0.2) is 0 Å². The maximum atomic E-state index is 14.0. The molecule has 33 heavy (non-hydrogen) atoms. The van der Waals surface area contributed by atoms with Crippen LogP contribution in [0.5, 0.6) is 0 Å². The number of nitrogens with one attached hydrogen (secondary N) is 1. The number of rotatable bonds is 6. The molecule has 1 aliphatic carbocycles. The third-order valence-corrected chi connectivity index (χ3v) is 6.26. The smallest absolute Gasteiger partial charge is 0.264 e. The van der Waals surface area contributed by atoms with Crippen LogP contribution in [0.3, 0.4) is 0 Å². The quantitative estimate of drug-likeness (QED) is 0.586. The summed E-state index contributed by atoms with van der Waals surface area (Å²) in [7, 11) is 0. The van der Waals surface area contributed by atoms with Gasteiger partial charge in [-0.2, -0.15) is 0 Å². The van der Waals surface area contributed by atoms with Crippen LogP contribution in [0.4, 0.5) is 5.69 Å². The van der Waals surface area contributed by atoms with Gasteiger partial charge in [0.25, 0.3) is 5.91 Å². The standard InChI is InChI=1S/C26H30N4O3/c1-17-9-11-22(12-10-17)30(26(32)23-18(2)29-33-19(23)3)24(20-13-15-27-16-14-20)25(31)28-21-7-5-4-6-8-21/h9-16,21,24H,4-8H2,1-3H3,(H,28,31). The van der Waals surface area contributed by atoms with E-state index in [0.717, 1.165) is 31.2 Å². The number of carbonyl (C=O) groups is 2. The van der Waals surface area contributed by atoms with Crippen LogP contribution < -0.4 is 10.2 Å². The molecule has 1 atom stereocenters. The molecule has 2 aromatic heterocycles. The van der Waals surface area contributed by atoms with Crippen molar-refractivity contribution in [3.8, 4) is 0 Å². The molecule has 4 rings (SSSR count). The van der Waals surface area contributed by atoms with Crippen LogP contribution >= 0.6 is 0 Å². The SMILES string of the molecule is Cc1ccc(N(C(=O)c2c(C)noc2C)C(C(=O)NC2CCCCC2)c2ccncc2)cc1. The molecule has 1 aliphatic rings. The third-order valence-electron chi connectivity index (χ3n) is 6.26. The van der Waals surface area contributed by atoms with Crippen molar-refractivity contribution in [3.63, 3.8) is 0 Å². The van der Waals surface area contributed by atoms with E-state index < -0.39 is 6.04 Å². The van der Waals surface area contributed by atoms with Crippen LogP contribution in [0.2, 0.25) is 0 Å². The molecule has 1 aromatic carbocycles. The highest BCUT2D eigenvalue weighted by atomic mass is 16.5. The molecule has 1 fully saturated rings. The van der Waals surface area contributed by atoms with E-state index in [1.54, 1.807) is 43.3 Å². The number of anilines is 1. The lowest BCUT2D eigenvalue weighted by Gasteiger charge is -2.33. The zero-order valence-corrected chi connectivity index (χ0v) is 19.4. The van der Waals surface area contributed by atoms with E-state index in [4.69, 9.17) is 4.52 Å². The second-order valence-electron chi connectivity index (χ2n) is 8.74. The summed E-state index contributed by atoms with van der Waals surface area (Å²) in [5, 5.41) is 7.18. The van der Waals surface area contributed by atoms with Gasteiger partial charge < -0.3 is 9.84 Å². The molecule has 7 nitrogen and oxygen atoms in total. The molecule has 0 bridgehead atoms. The van der Waals surface area contributed by atoms with Gasteiger partial charge in [-0.3, -0.25) is 19.5 Å². The van der Waals surface area contributed by atoms with Crippen molar-refractivity contribution >= 4 is 17.5 Å². The van der Waals surface area contributed by atoms with Crippen LogP contribution in [0, 0.1) is 20.8 Å². The molecule has 172 valence electrons. The molecular weight excluding hydrogens is 416 g/mol. The summed E-state index contributed by atoms with van der Waals surface area (Å²) < 4.78 is 5.28. The molecule has 3 aromatic rings. The first-order valence-corrected chi connectivity index (χ1v) is 11.5. The van der Waals surface area contributed by atoms with E-state index in [0.29, 0.717) is 28.3 Å². The molecule has 7 heteroatoms. The van der Waals surface area contributed by atoms with Gasteiger partial charge >= 0.3 is 0 Å². The first kappa shape index (κ1) is 22.7. The topological polar surface area (TPSA) is 88.3 Å². The number of carbonyl (C=O) groups excluding carboxylic acids is 2. The number of nitrogens with zero attached hydrogens (tertiary/aromatic N) is 3. The van der Waals surface area contributed by atoms with E-state index >= 15 is 0 Å². The van der Waals surface area contributed by atoms with Crippen molar-refractivity contribution in [2.24, 2.45) is 0 Å².